The first kappa shape index (κ1) is 22.5. The summed E-state index contributed by atoms with van der Waals surface area (Å²) in [4.78, 5) is 16.2. The first-order valence-corrected chi connectivity index (χ1v) is 7.17. The van der Waals surface area contributed by atoms with Crippen molar-refractivity contribution in [1.82, 2.24) is 15.5 Å². The first-order chi connectivity index (χ1) is 10.8. The fourth-order valence-electron chi connectivity index (χ4n) is 1.73. The number of alkyl halides is 3. The zero-order chi connectivity index (χ0) is 17.3. The van der Waals surface area contributed by atoms with Crippen LogP contribution in [0.3, 0.4) is 0 Å². The predicted octanol–water partition coefficient (Wildman–Crippen LogP) is 2.02. The molecule has 1 amide bonds. The van der Waals surface area contributed by atoms with Crippen molar-refractivity contribution in [2.45, 2.75) is 19.5 Å². The Morgan fingerprint density at radius 1 is 1.38 bits per heavy atom. The van der Waals surface area contributed by atoms with Crippen molar-refractivity contribution in [3.63, 3.8) is 0 Å². The lowest BCUT2D eigenvalue weighted by Crippen LogP contribution is -2.40. The van der Waals surface area contributed by atoms with E-state index < -0.39 is 18.6 Å². The molecule has 138 valence electrons. The predicted molar refractivity (Wildman–Crippen MR) is 95.5 cm³/mol. The third-order valence-electron chi connectivity index (χ3n) is 2.80. The summed E-state index contributed by atoms with van der Waals surface area (Å²) in [7, 11) is 1.10. The normalized spacial score (nSPS) is 11.6. The summed E-state index contributed by atoms with van der Waals surface area (Å²) in [5.74, 6) is 0.465. The number of halogens is 4. The van der Waals surface area contributed by atoms with Crippen LogP contribution in [0.5, 0.6) is 0 Å². The Labute approximate surface area is 155 Å². The largest absolute Gasteiger partial charge is 0.469 e. The number of furan rings is 1. The highest BCUT2D eigenvalue weighted by atomic mass is 127. The van der Waals surface area contributed by atoms with Gasteiger partial charge in [-0.1, -0.05) is 0 Å². The van der Waals surface area contributed by atoms with E-state index in [4.69, 9.17) is 4.42 Å². The van der Waals surface area contributed by atoms with Crippen LogP contribution in [0.1, 0.15) is 12.7 Å². The molecule has 6 nitrogen and oxygen atoms in total. The van der Waals surface area contributed by atoms with Crippen molar-refractivity contribution in [3.05, 3.63) is 24.2 Å². The lowest BCUT2D eigenvalue weighted by atomic mass is 10.3. The summed E-state index contributed by atoms with van der Waals surface area (Å²) in [5, 5.41) is 5.91. The van der Waals surface area contributed by atoms with Crippen molar-refractivity contribution in [2.75, 3.05) is 33.2 Å². The Morgan fingerprint density at radius 3 is 2.62 bits per heavy atom. The minimum absolute atomic E-state index is 0. The van der Waals surface area contributed by atoms with Gasteiger partial charge in [-0.05, 0) is 19.1 Å². The van der Waals surface area contributed by atoms with Gasteiger partial charge in [0.1, 0.15) is 18.8 Å². The molecule has 10 heteroatoms. The molecule has 1 heterocycles. The van der Waals surface area contributed by atoms with Gasteiger partial charge in [-0.2, -0.15) is 13.2 Å². The fourth-order valence-corrected chi connectivity index (χ4v) is 1.73. The van der Waals surface area contributed by atoms with E-state index >= 15 is 0 Å². The number of likely N-dealkylation sites (N-methyl/N-ethyl adjacent to an activating group) is 1. The number of nitrogens with one attached hydrogen (secondary N) is 2. The van der Waals surface area contributed by atoms with Gasteiger partial charge in [0.25, 0.3) is 0 Å². The average molecular weight is 462 g/mol. The average Bonchev–Trinajstić information content (AvgIpc) is 2.95. The second-order valence-corrected chi connectivity index (χ2v) is 4.82. The highest BCUT2D eigenvalue weighted by molar-refractivity contribution is 14.0. The number of amides is 1. The molecule has 0 aliphatic rings. The van der Waals surface area contributed by atoms with Crippen LogP contribution >= 0.6 is 24.0 Å². The van der Waals surface area contributed by atoms with Crippen LogP contribution in [-0.4, -0.2) is 56.2 Å². The Balaban J connectivity index is 0.00000529. The Kier molecular flexibility index (Phi) is 10.5. The molecule has 1 rings (SSSR count). The maximum atomic E-state index is 12.2. The zero-order valence-electron chi connectivity index (χ0n) is 13.5. The molecule has 0 aromatic carbocycles. The van der Waals surface area contributed by atoms with Gasteiger partial charge in [0, 0.05) is 26.6 Å². The van der Waals surface area contributed by atoms with Crippen molar-refractivity contribution in [2.24, 2.45) is 4.99 Å². The Morgan fingerprint density at radius 2 is 2.08 bits per heavy atom. The number of hydrogen-bond acceptors (Lipinski definition) is 3. The van der Waals surface area contributed by atoms with Crippen LogP contribution in [0.4, 0.5) is 13.2 Å². The standard InChI is InChI=1S/C14H21F3N4O2.HI/c1-3-18-13(19-7-6-11-5-4-8-23-11)20-9-12(22)21(2)10-14(15,16)17;/h4-5,8H,3,6-7,9-10H2,1-2H3,(H2,18,19,20);1H. The first-order valence-electron chi connectivity index (χ1n) is 7.17. The van der Waals surface area contributed by atoms with E-state index in [-0.39, 0.29) is 30.5 Å². The van der Waals surface area contributed by atoms with E-state index in [1.165, 1.54) is 0 Å². The highest BCUT2D eigenvalue weighted by Gasteiger charge is 2.30. The van der Waals surface area contributed by atoms with Crippen LogP contribution in [0.25, 0.3) is 0 Å². The quantitative estimate of drug-likeness (QED) is 0.370. The number of hydrogen-bond donors (Lipinski definition) is 2. The molecule has 0 aliphatic carbocycles. The topological polar surface area (TPSA) is 69.9 Å². The monoisotopic (exact) mass is 462 g/mol. The van der Waals surface area contributed by atoms with Crippen LogP contribution < -0.4 is 10.6 Å². The van der Waals surface area contributed by atoms with Gasteiger partial charge in [-0.25, -0.2) is 4.99 Å². The maximum Gasteiger partial charge on any atom is 0.406 e. The number of carbonyl (C=O) groups is 1. The second-order valence-electron chi connectivity index (χ2n) is 4.82. The van der Waals surface area contributed by atoms with E-state index in [1.807, 2.05) is 13.0 Å². The van der Waals surface area contributed by atoms with Gasteiger partial charge in [-0.15, -0.1) is 24.0 Å². The number of carbonyl (C=O) groups excluding carboxylic acids is 1. The lowest BCUT2D eigenvalue weighted by molar-refractivity contribution is -0.157. The molecule has 1 aromatic heterocycles. The molecule has 0 saturated carbocycles. The van der Waals surface area contributed by atoms with Gasteiger partial charge < -0.3 is 20.0 Å². The van der Waals surface area contributed by atoms with Crippen molar-refractivity contribution in [1.29, 1.82) is 0 Å². The van der Waals surface area contributed by atoms with Crippen LogP contribution in [0, 0.1) is 0 Å². The number of rotatable bonds is 7. The van der Waals surface area contributed by atoms with Crippen molar-refractivity contribution < 1.29 is 22.4 Å². The smallest absolute Gasteiger partial charge is 0.406 e. The summed E-state index contributed by atoms with van der Waals surface area (Å²) >= 11 is 0. The van der Waals surface area contributed by atoms with E-state index in [9.17, 15) is 18.0 Å². The molecule has 0 atom stereocenters. The van der Waals surface area contributed by atoms with Gasteiger partial charge in [0.15, 0.2) is 5.96 Å². The molecule has 0 spiro atoms. The molecule has 0 fully saturated rings. The number of nitrogens with zero attached hydrogens (tertiary/aromatic N) is 2. The zero-order valence-corrected chi connectivity index (χ0v) is 15.9. The van der Waals surface area contributed by atoms with E-state index in [0.29, 0.717) is 30.4 Å². The van der Waals surface area contributed by atoms with Gasteiger partial charge in [0.2, 0.25) is 5.91 Å². The molecule has 0 aliphatic heterocycles. The molecule has 1 aromatic rings. The summed E-state index contributed by atoms with van der Waals surface area (Å²) < 4.78 is 41.9. The molecule has 24 heavy (non-hydrogen) atoms. The SMILES string of the molecule is CCNC(=NCC(=O)N(C)CC(F)(F)F)NCCc1ccco1.I. The molecule has 0 radical (unpaired) electrons. The minimum Gasteiger partial charge on any atom is -0.469 e. The van der Waals surface area contributed by atoms with E-state index in [2.05, 4.69) is 15.6 Å². The summed E-state index contributed by atoms with van der Waals surface area (Å²) in [6.07, 6.45) is -2.22. The highest BCUT2D eigenvalue weighted by Crippen LogP contribution is 2.15. The number of guanidine groups is 1. The van der Waals surface area contributed by atoms with Gasteiger partial charge >= 0.3 is 6.18 Å². The minimum atomic E-state index is -4.42. The van der Waals surface area contributed by atoms with Crippen LogP contribution in [-0.2, 0) is 11.2 Å². The molecule has 2 N–H and O–H groups in total. The van der Waals surface area contributed by atoms with Crippen LogP contribution in [0.2, 0.25) is 0 Å². The molecular weight excluding hydrogens is 440 g/mol. The van der Waals surface area contributed by atoms with E-state index in [0.717, 1.165) is 12.8 Å². The van der Waals surface area contributed by atoms with E-state index in [1.54, 1.807) is 12.3 Å². The number of aliphatic imine (C=N–C) groups is 1. The third-order valence-corrected chi connectivity index (χ3v) is 2.80. The van der Waals surface area contributed by atoms with Crippen molar-refractivity contribution in [3.8, 4) is 0 Å². The molecule has 0 bridgehead atoms. The van der Waals surface area contributed by atoms with Gasteiger partial charge in [-0.3, -0.25) is 4.79 Å². The Bertz CT molecular complexity index is 507. The van der Waals surface area contributed by atoms with Crippen molar-refractivity contribution >= 4 is 35.8 Å². The molecular formula is C14H22F3IN4O2. The maximum absolute atomic E-state index is 12.2. The third kappa shape index (κ3) is 9.63. The lowest BCUT2D eigenvalue weighted by Gasteiger charge is -2.18. The summed E-state index contributed by atoms with van der Waals surface area (Å²) in [6, 6.07) is 3.62. The van der Waals surface area contributed by atoms with Crippen LogP contribution in [0.15, 0.2) is 27.8 Å². The fraction of sp³-hybridized carbons (Fsp3) is 0.571. The molecule has 0 unspecified atom stereocenters. The second kappa shape index (κ2) is 11.2. The van der Waals surface area contributed by atoms with Gasteiger partial charge in [0.05, 0.1) is 6.26 Å². The molecule has 0 saturated heterocycles. The Hall–Kier alpha value is -1.46. The summed E-state index contributed by atoms with van der Waals surface area (Å²) in [5.41, 5.74) is 0. The summed E-state index contributed by atoms with van der Waals surface area (Å²) in [6.45, 7) is 1.29.